The largest absolute Gasteiger partial charge is 0.489 e. The minimum atomic E-state index is -0.579. The summed E-state index contributed by atoms with van der Waals surface area (Å²) in [6.07, 6.45) is 1.55. The third kappa shape index (κ3) is 4.51. The van der Waals surface area contributed by atoms with Crippen molar-refractivity contribution in [3.8, 4) is 11.4 Å². The predicted molar refractivity (Wildman–Crippen MR) is 143 cm³/mol. The van der Waals surface area contributed by atoms with Gasteiger partial charge in [-0.15, -0.1) is 4.68 Å². The van der Waals surface area contributed by atoms with E-state index in [2.05, 4.69) is 39.8 Å². The van der Waals surface area contributed by atoms with Crippen LogP contribution >= 0.6 is 0 Å². The van der Waals surface area contributed by atoms with E-state index in [1.807, 2.05) is 50.2 Å². The lowest BCUT2D eigenvalue weighted by Gasteiger charge is -2.12. The van der Waals surface area contributed by atoms with Crippen LogP contribution in [0.4, 0.5) is 0 Å². The molecule has 0 atom stereocenters. The number of aryl methyl sites for hydroxylation is 2. The van der Waals surface area contributed by atoms with Crippen LogP contribution in [0.2, 0.25) is 0 Å². The summed E-state index contributed by atoms with van der Waals surface area (Å²) in [5.41, 5.74) is 5.52. The fourth-order valence-corrected chi connectivity index (χ4v) is 4.35. The standard InChI is InChI=1S/C29H26N4O3/c1-19-7-6-8-22(15-19)18-36-25-13-11-24(12-14-25)32-20(2)16-23(21(32)3)17-30-33-28(34)26-9-4-5-10-27(26)31-29(33)35/h4-17H,18H2,1-3H3,(H,31,35). The molecule has 7 heteroatoms. The van der Waals surface area contributed by atoms with Crippen LogP contribution in [-0.4, -0.2) is 20.4 Å². The molecule has 0 aliphatic heterocycles. The van der Waals surface area contributed by atoms with E-state index >= 15 is 0 Å². The molecule has 5 aromatic rings. The van der Waals surface area contributed by atoms with Gasteiger partial charge in [0.15, 0.2) is 0 Å². The maximum Gasteiger partial charge on any atom is 0.349 e. The minimum Gasteiger partial charge on any atom is -0.489 e. The van der Waals surface area contributed by atoms with Gasteiger partial charge < -0.3 is 14.3 Å². The number of hydrogen-bond acceptors (Lipinski definition) is 4. The van der Waals surface area contributed by atoms with Crippen molar-refractivity contribution in [3.05, 3.63) is 128 Å². The van der Waals surface area contributed by atoms with Gasteiger partial charge in [-0.05, 0) is 68.8 Å². The van der Waals surface area contributed by atoms with Crippen LogP contribution in [-0.2, 0) is 6.61 Å². The fraction of sp³-hybridized carbons (Fsp3) is 0.138. The lowest BCUT2D eigenvalue weighted by Crippen LogP contribution is -2.32. The molecule has 5 rings (SSSR count). The van der Waals surface area contributed by atoms with Gasteiger partial charge in [0, 0.05) is 22.6 Å². The number of aromatic nitrogens is 3. The Balaban J connectivity index is 1.39. The molecule has 7 nitrogen and oxygen atoms in total. The van der Waals surface area contributed by atoms with Gasteiger partial charge in [0.25, 0.3) is 5.56 Å². The maximum atomic E-state index is 12.8. The zero-order chi connectivity index (χ0) is 25.2. The van der Waals surface area contributed by atoms with Gasteiger partial charge in [0.05, 0.1) is 17.1 Å². The highest BCUT2D eigenvalue weighted by Gasteiger charge is 2.11. The fourth-order valence-electron chi connectivity index (χ4n) is 4.35. The molecule has 0 amide bonds. The van der Waals surface area contributed by atoms with Gasteiger partial charge in [0.2, 0.25) is 0 Å². The van der Waals surface area contributed by atoms with Crippen molar-refractivity contribution < 1.29 is 4.74 Å². The molecule has 0 bridgehead atoms. The Hall–Kier alpha value is -4.65. The first-order valence-corrected chi connectivity index (χ1v) is 11.7. The van der Waals surface area contributed by atoms with E-state index in [0.29, 0.717) is 17.5 Å². The van der Waals surface area contributed by atoms with Crippen molar-refractivity contribution in [2.45, 2.75) is 27.4 Å². The Morgan fingerprint density at radius 1 is 0.917 bits per heavy atom. The highest BCUT2D eigenvalue weighted by molar-refractivity contribution is 5.82. The number of H-pyrrole nitrogens is 1. The Morgan fingerprint density at radius 2 is 1.69 bits per heavy atom. The molecule has 0 aliphatic rings. The van der Waals surface area contributed by atoms with E-state index in [1.54, 1.807) is 30.5 Å². The van der Waals surface area contributed by atoms with Crippen LogP contribution in [0.15, 0.2) is 93.6 Å². The average Bonchev–Trinajstić information content (AvgIpc) is 3.15. The lowest BCUT2D eigenvalue weighted by molar-refractivity contribution is 0.306. The SMILES string of the molecule is Cc1cccc(COc2ccc(-n3c(C)cc(C=Nn4c(=O)[nH]c5ccccc5c4=O)c3C)cc2)c1. The van der Waals surface area contributed by atoms with Crippen molar-refractivity contribution >= 4 is 17.1 Å². The van der Waals surface area contributed by atoms with E-state index in [1.165, 1.54) is 5.56 Å². The summed E-state index contributed by atoms with van der Waals surface area (Å²) < 4.78 is 8.90. The molecule has 0 radical (unpaired) electrons. The third-order valence-electron chi connectivity index (χ3n) is 6.15. The topological polar surface area (TPSA) is 81.4 Å². The summed E-state index contributed by atoms with van der Waals surface area (Å²) in [7, 11) is 0. The number of aromatic amines is 1. The number of para-hydroxylation sites is 1. The highest BCUT2D eigenvalue weighted by Crippen LogP contribution is 2.23. The van der Waals surface area contributed by atoms with Gasteiger partial charge in [-0.1, -0.05) is 42.0 Å². The number of benzene rings is 3. The van der Waals surface area contributed by atoms with Crippen molar-refractivity contribution in [2.75, 3.05) is 0 Å². The summed E-state index contributed by atoms with van der Waals surface area (Å²) in [6, 6.07) is 25.0. The maximum absolute atomic E-state index is 12.8. The van der Waals surface area contributed by atoms with E-state index < -0.39 is 11.2 Å². The number of rotatable bonds is 6. The molecule has 180 valence electrons. The van der Waals surface area contributed by atoms with Crippen LogP contribution in [0.5, 0.6) is 5.75 Å². The zero-order valence-electron chi connectivity index (χ0n) is 20.4. The van der Waals surface area contributed by atoms with Gasteiger partial charge in [-0.25, -0.2) is 4.79 Å². The second kappa shape index (κ2) is 9.54. The van der Waals surface area contributed by atoms with Crippen LogP contribution < -0.4 is 16.0 Å². The summed E-state index contributed by atoms with van der Waals surface area (Å²) in [6.45, 7) is 6.55. The molecular formula is C29H26N4O3. The first kappa shape index (κ1) is 23.1. The molecule has 0 saturated carbocycles. The van der Waals surface area contributed by atoms with Crippen LogP contribution in [0.25, 0.3) is 16.6 Å². The molecule has 2 heterocycles. The van der Waals surface area contributed by atoms with E-state index in [9.17, 15) is 9.59 Å². The van der Waals surface area contributed by atoms with E-state index in [-0.39, 0.29) is 0 Å². The minimum absolute atomic E-state index is 0.407. The van der Waals surface area contributed by atoms with Gasteiger partial charge in [-0.3, -0.25) is 4.79 Å². The van der Waals surface area contributed by atoms with Gasteiger partial charge >= 0.3 is 5.69 Å². The Morgan fingerprint density at radius 3 is 2.47 bits per heavy atom. The molecule has 0 unspecified atom stereocenters. The second-order valence-electron chi connectivity index (χ2n) is 8.77. The molecule has 0 spiro atoms. The van der Waals surface area contributed by atoms with E-state index in [0.717, 1.165) is 38.6 Å². The number of hydrogen-bond donors (Lipinski definition) is 1. The number of ether oxygens (including phenoxy) is 1. The summed E-state index contributed by atoms with van der Waals surface area (Å²) in [5, 5.41) is 4.62. The predicted octanol–water partition coefficient (Wildman–Crippen LogP) is 4.87. The Bertz CT molecular complexity index is 1710. The average molecular weight is 479 g/mol. The molecule has 0 aliphatic carbocycles. The monoisotopic (exact) mass is 478 g/mol. The normalized spacial score (nSPS) is 11.4. The van der Waals surface area contributed by atoms with Crippen LogP contribution in [0.1, 0.15) is 28.1 Å². The van der Waals surface area contributed by atoms with Gasteiger partial charge in [0.1, 0.15) is 12.4 Å². The Kier molecular flexibility index (Phi) is 6.12. The van der Waals surface area contributed by atoms with Crippen molar-refractivity contribution in [1.82, 2.24) is 14.2 Å². The van der Waals surface area contributed by atoms with Crippen LogP contribution in [0, 0.1) is 20.8 Å². The molecule has 1 N–H and O–H groups in total. The van der Waals surface area contributed by atoms with Crippen molar-refractivity contribution in [2.24, 2.45) is 5.10 Å². The molecule has 0 fully saturated rings. The lowest BCUT2D eigenvalue weighted by atomic mass is 10.1. The zero-order valence-corrected chi connectivity index (χ0v) is 20.4. The number of nitrogens with zero attached hydrogens (tertiary/aromatic N) is 3. The first-order valence-electron chi connectivity index (χ1n) is 11.7. The molecule has 36 heavy (non-hydrogen) atoms. The third-order valence-corrected chi connectivity index (χ3v) is 6.15. The highest BCUT2D eigenvalue weighted by atomic mass is 16.5. The summed E-state index contributed by atoms with van der Waals surface area (Å²) in [4.78, 5) is 27.9. The quantitative estimate of drug-likeness (QED) is 0.354. The van der Waals surface area contributed by atoms with E-state index in [4.69, 9.17) is 4.74 Å². The molecule has 0 saturated heterocycles. The Labute approximate surface area is 207 Å². The smallest absolute Gasteiger partial charge is 0.349 e. The second-order valence-corrected chi connectivity index (χ2v) is 8.77. The summed E-state index contributed by atoms with van der Waals surface area (Å²) in [5.74, 6) is 0.791. The molecular weight excluding hydrogens is 452 g/mol. The first-order chi connectivity index (χ1) is 17.4. The van der Waals surface area contributed by atoms with Crippen molar-refractivity contribution in [3.63, 3.8) is 0 Å². The van der Waals surface area contributed by atoms with Crippen LogP contribution in [0.3, 0.4) is 0 Å². The summed E-state index contributed by atoms with van der Waals surface area (Å²) >= 11 is 0. The molecule has 3 aromatic carbocycles. The number of fused-ring (bicyclic) bond motifs is 1. The van der Waals surface area contributed by atoms with Crippen molar-refractivity contribution in [1.29, 1.82) is 0 Å². The molecule has 2 aromatic heterocycles. The van der Waals surface area contributed by atoms with Gasteiger partial charge in [-0.2, -0.15) is 5.10 Å². The number of nitrogens with one attached hydrogen (secondary N) is 1.